The molecule has 2 aromatic carbocycles. The second-order valence-corrected chi connectivity index (χ2v) is 3.41. The van der Waals surface area contributed by atoms with Crippen LogP contribution in [-0.4, -0.2) is 12.8 Å². The van der Waals surface area contributed by atoms with Gasteiger partial charge in [0.2, 0.25) is 0 Å². The van der Waals surface area contributed by atoms with E-state index in [2.05, 4.69) is 11.2 Å². The standard InChI is InChI=1S/C13H14N2O/c1-2-16-13-8-7-10-5-3-4-6-11(10)12(13)9-15-14/h3-9H,2,14H2,1H3/b15-9-. The van der Waals surface area contributed by atoms with Crippen LogP contribution in [0.25, 0.3) is 10.8 Å². The van der Waals surface area contributed by atoms with E-state index in [9.17, 15) is 0 Å². The Bertz CT molecular complexity index is 520. The van der Waals surface area contributed by atoms with Crippen LogP contribution in [0.2, 0.25) is 0 Å². The smallest absolute Gasteiger partial charge is 0.128 e. The summed E-state index contributed by atoms with van der Waals surface area (Å²) in [7, 11) is 0. The van der Waals surface area contributed by atoms with Crippen molar-refractivity contribution in [2.45, 2.75) is 6.92 Å². The first-order chi connectivity index (χ1) is 7.86. The molecule has 0 aliphatic carbocycles. The number of rotatable bonds is 3. The van der Waals surface area contributed by atoms with Gasteiger partial charge in [0, 0.05) is 5.56 Å². The van der Waals surface area contributed by atoms with Crippen molar-refractivity contribution in [2.75, 3.05) is 6.61 Å². The molecule has 0 spiro atoms. The third-order valence-corrected chi connectivity index (χ3v) is 2.43. The Labute approximate surface area is 94.5 Å². The van der Waals surface area contributed by atoms with Crippen molar-refractivity contribution < 1.29 is 4.74 Å². The fourth-order valence-corrected chi connectivity index (χ4v) is 1.76. The first kappa shape index (κ1) is 10.5. The molecule has 0 aliphatic rings. The Morgan fingerprint density at radius 2 is 2.06 bits per heavy atom. The third kappa shape index (κ3) is 1.84. The number of nitrogens with zero attached hydrogens (tertiary/aromatic N) is 1. The molecule has 0 amide bonds. The minimum Gasteiger partial charge on any atom is -0.493 e. The van der Waals surface area contributed by atoms with Gasteiger partial charge < -0.3 is 10.6 Å². The highest BCUT2D eigenvalue weighted by Crippen LogP contribution is 2.26. The SMILES string of the molecule is CCOc1ccc2ccccc2c1/C=N\N. The van der Waals surface area contributed by atoms with E-state index in [4.69, 9.17) is 10.6 Å². The lowest BCUT2D eigenvalue weighted by molar-refractivity contribution is 0.340. The number of hydrogen-bond acceptors (Lipinski definition) is 3. The molecule has 0 radical (unpaired) electrons. The fourth-order valence-electron chi connectivity index (χ4n) is 1.76. The molecular weight excluding hydrogens is 200 g/mol. The molecular formula is C13H14N2O. The van der Waals surface area contributed by atoms with E-state index < -0.39 is 0 Å². The van der Waals surface area contributed by atoms with E-state index in [1.165, 1.54) is 0 Å². The van der Waals surface area contributed by atoms with E-state index >= 15 is 0 Å². The van der Waals surface area contributed by atoms with Gasteiger partial charge in [-0.25, -0.2) is 0 Å². The maximum absolute atomic E-state index is 5.55. The van der Waals surface area contributed by atoms with Gasteiger partial charge in [0.05, 0.1) is 12.8 Å². The minimum atomic E-state index is 0.629. The van der Waals surface area contributed by atoms with Crippen molar-refractivity contribution in [3.8, 4) is 5.75 Å². The monoisotopic (exact) mass is 214 g/mol. The van der Waals surface area contributed by atoms with Gasteiger partial charge in [-0.1, -0.05) is 30.3 Å². The van der Waals surface area contributed by atoms with Crippen LogP contribution in [0.3, 0.4) is 0 Å². The maximum Gasteiger partial charge on any atom is 0.128 e. The zero-order chi connectivity index (χ0) is 11.4. The Morgan fingerprint density at radius 1 is 1.25 bits per heavy atom. The van der Waals surface area contributed by atoms with E-state index in [1.54, 1.807) is 6.21 Å². The molecule has 0 bridgehead atoms. The van der Waals surface area contributed by atoms with Gasteiger partial charge in [0.15, 0.2) is 0 Å². The van der Waals surface area contributed by atoms with E-state index in [-0.39, 0.29) is 0 Å². The van der Waals surface area contributed by atoms with Crippen LogP contribution in [-0.2, 0) is 0 Å². The van der Waals surface area contributed by atoms with Crippen molar-refractivity contribution in [2.24, 2.45) is 10.9 Å². The quantitative estimate of drug-likeness (QED) is 0.485. The molecule has 0 fully saturated rings. The Kier molecular flexibility index (Phi) is 3.05. The average molecular weight is 214 g/mol. The van der Waals surface area contributed by atoms with Crippen LogP contribution in [0, 0.1) is 0 Å². The van der Waals surface area contributed by atoms with Crippen molar-refractivity contribution >= 4 is 17.0 Å². The molecule has 2 N–H and O–H groups in total. The maximum atomic E-state index is 5.55. The summed E-state index contributed by atoms with van der Waals surface area (Å²) in [4.78, 5) is 0. The van der Waals surface area contributed by atoms with Crippen LogP contribution in [0.5, 0.6) is 5.75 Å². The highest BCUT2D eigenvalue weighted by atomic mass is 16.5. The van der Waals surface area contributed by atoms with Crippen LogP contribution >= 0.6 is 0 Å². The summed E-state index contributed by atoms with van der Waals surface area (Å²) in [6.45, 7) is 2.59. The molecule has 0 heterocycles. The van der Waals surface area contributed by atoms with Crippen molar-refractivity contribution in [1.29, 1.82) is 0 Å². The summed E-state index contributed by atoms with van der Waals surface area (Å²) in [5.41, 5.74) is 0.933. The number of nitrogens with two attached hydrogens (primary N) is 1. The summed E-state index contributed by atoms with van der Waals surface area (Å²) >= 11 is 0. The van der Waals surface area contributed by atoms with Crippen molar-refractivity contribution in [3.05, 3.63) is 42.0 Å². The summed E-state index contributed by atoms with van der Waals surface area (Å²) < 4.78 is 5.55. The Hall–Kier alpha value is -2.03. The molecule has 82 valence electrons. The van der Waals surface area contributed by atoms with Crippen LogP contribution in [0.15, 0.2) is 41.5 Å². The molecule has 2 rings (SSSR count). The first-order valence-electron chi connectivity index (χ1n) is 5.24. The molecule has 0 atom stereocenters. The zero-order valence-corrected chi connectivity index (χ0v) is 9.18. The van der Waals surface area contributed by atoms with Gasteiger partial charge in [0.25, 0.3) is 0 Å². The number of hydrogen-bond donors (Lipinski definition) is 1. The molecule has 2 aromatic rings. The molecule has 3 nitrogen and oxygen atoms in total. The highest BCUT2D eigenvalue weighted by molar-refractivity contribution is 6.02. The summed E-state index contributed by atoms with van der Waals surface area (Å²) in [5.74, 6) is 6.05. The topological polar surface area (TPSA) is 47.6 Å². The highest BCUT2D eigenvalue weighted by Gasteiger charge is 2.05. The number of benzene rings is 2. The molecule has 3 heteroatoms. The van der Waals surface area contributed by atoms with Crippen LogP contribution in [0.4, 0.5) is 0 Å². The molecule has 0 saturated carbocycles. The minimum absolute atomic E-state index is 0.629. The Morgan fingerprint density at radius 3 is 2.81 bits per heavy atom. The van der Waals surface area contributed by atoms with Crippen molar-refractivity contribution in [3.63, 3.8) is 0 Å². The molecule has 0 aromatic heterocycles. The largest absolute Gasteiger partial charge is 0.493 e. The van der Waals surface area contributed by atoms with E-state index in [0.717, 1.165) is 22.1 Å². The van der Waals surface area contributed by atoms with Gasteiger partial charge >= 0.3 is 0 Å². The van der Waals surface area contributed by atoms with Gasteiger partial charge in [-0.2, -0.15) is 5.10 Å². The molecule has 0 saturated heterocycles. The third-order valence-electron chi connectivity index (χ3n) is 2.43. The number of hydrazone groups is 1. The van der Waals surface area contributed by atoms with Gasteiger partial charge in [-0.3, -0.25) is 0 Å². The zero-order valence-electron chi connectivity index (χ0n) is 9.18. The van der Waals surface area contributed by atoms with E-state index in [1.807, 2.05) is 37.3 Å². The Balaban J connectivity index is 2.68. The number of ether oxygens (including phenoxy) is 1. The summed E-state index contributed by atoms with van der Waals surface area (Å²) in [6.07, 6.45) is 1.63. The summed E-state index contributed by atoms with van der Waals surface area (Å²) in [6, 6.07) is 12.1. The molecule has 0 unspecified atom stereocenters. The fraction of sp³-hybridized carbons (Fsp3) is 0.154. The lowest BCUT2D eigenvalue weighted by Gasteiger charge is -2.09. The first-order valence-corrected chi connectivity index (χ1v) is 5.24. The van der Waals surface area contributed by atoms with Crippen molar-refractivity contribution in [1.82, 2.24) is 0 Å². The van der Waals surface area contributed by atoms with Gasteiger partial charge in [0.1, 0.15) is 5.75 Å². The van der Waals surface area contributed by atoms with Gasteiger partial charge in [-0.05, 0) is 23.8 Å². The second-order valence-electron chi connectivity index (χ2n) is 3.41. The van der Waals surface area contributed by atoms with Gasteiger partial charge in [-0.15, -0.1) is 0 Å². The normalized spacial score (nSPS) is 11.1. The molecule has 16 heavy (non-hydrogen) atoms. The second kappa shape index (κ2) is 4.66. The predicted molar refractivity (Wildman–Crippen MR) is 66.9 cm³/mol. The average Bonchev–Trinajstić information content (AvgIpc) is 2.32. The lowest BCUT2D eigenvalue weighted by Crippen LogP contribution is -1.98. The summed E-state index contributed by atoms with van der Waals surface area (Å²) in [5, 5.41) is 5.85. The van der Waals surface area contributed by atoms with Crippen LogP contribution < -0.4 is 10.6 Å². The van der Waals surface area contributed by atoms with Crippen LogP contribution in [0.1, 0.15) is 12.5 Å². The van der Waals surface area contributed by atoms with E-state index in [0.29, 0.717) is 6.61 Å². The lowest BCUT2D eigenvalue weighted by atomic mass is 10.0. The number of fused-ring (bicyclic) bond motifs is 1. The molecule has 0 aliphatic heterocycles. The predicted octanol–water partition coefficient (Wildman–Crippen LogP) is 2.53.